The molecule has 1 aromatic carbocycles. The van der Waals surface area contributed by atoms with E-state index in [1.807, 2.05) is 0 Å². The first kappa shape index (κ1) is 19.8. The van der Waals surface area contributed by atoms with Crippen LogP contribution in [0.15, 0.2) is 18.2 Å². The normalized spacial score (nSPS) is 14.5. The Bertz CT molecular complexity index is 586. The van der Waals surface area contributed by atoms with Crippen molar-refractivity contribution in [1.82, 2.24) is 0 Å². The molecule has 10 heteroatoms. The number of ether oxygens (including phenoxy) is 1. The lowest BCUT2D eigenvalue weighted by Crippen LogP contribution is -3.13. The highest BCUT2D eigenvalue weighted by Crippen LogP contribution is 2.23. The highest BCUT2D eigenvalue weighted by atomic mass is 35.5. The van der Waals surface area contributed by atoms with E-state index in [2.05, 4.69) is 0 Å². The predicted octanol–water partition coefficient (Wildman–Crippen LogP) is -2.27. The molecule has 0 spiro atoms. The number of hydrogen-bond acceptors (Lipinski definition) is 6. The number of non-ortho nitro benzene ring substituents is 2. The molecular weight excluding hydrogens is 342 g/mol. The Balaban J connectivity index is 0.00000288. The van der Waals surface area contributed by atoms with E-state index in [1.54, 1.807) is 0 Å². The van der Waals surface area contributed by atoms with E-state index in [-0.39, 0.29) is 24.6 Å². The Morgan fingerprint density at radius 3 is 2.08 bits per heavy atom. The van der Waals surface area contributed by atoms with Gasteiger partial charge >= 0.3 is 5.97 Å². The summed E-state index contributed by atoms with van der Waals surface area (Å²) < 4.78 is 5.10. The summed E-state index contributed by atoms with van der Waals surface area (Å²) >= 11 is 0. The molecule has 0 amide bonds. The summed E-state index contributed by atoms with van der Waals surface area (Å²) in [5.41, 5.74) is -1.19. The molecule has 0 radical (unpaired) electrons. The second-order valence-electron chi connectivity index (χ2n) is 5.45. The maximum atomic E-state index is 12.0. The van der Waals surface area contributed by atoms with Crippen LogP contribution in [0.2, 0.25) is 0 Å². The van der Waals surface area contributed by atoms with Gasteiger partial charge in [-0.2, -0.15) is 0 Å². The number of esters is 1. The smallest absolute Gasteiger partial charge is 0.338 e. The summed E-state index contributed by atoms with van der Waals surface area (Å²) in [5, 5.41) is 21.6. The Morgan fingerprint density at radius 1 is 1.04 bits per heavy atom. The molecule has 2 rings (SSSR count). The molecule has 1 heterocycles. The van der Waals surface area contributed by atoms with E-state index in [0.29, 0.717) is 6.54 Å². The van der Waals surface area contributed by atoms with Crippen LogP contribution in [-0.4, -0.2) is 42.1 Å². The van der Waals surface area contributed by atoms with Crippen molar-refractivity contribution in [2.45, 2.75) is 19.3 Å². The molecule has 9 nitrogen and oxygen atoms in total. The molecule has 0 bridgehead atoms. The van der Waals surface area contributed by atoms with Crippen LogP contribution in [0.5, 0.6) is 0 Å². The van der Waals surface area contributed by atoms with E-state index < -0.39 is 27.2 Å². The minimum absolute atomic E-state index is 0. The van der Waals surface area contributed by atoms with E-state index in [9.17, 15) is 25.0 Å². The summed E-state index contributed by atoms with van der Waals surface area (Å²) in [6.45, 7) is 2.94. The van der Waals surface area contributed by atoms with Gasteiger partial charge in [-0.1, -0.05) is 0 Å². The zero-order chi connectivity index (χ0) is 16.8. The van der Waals surface area contributed by atoms with E-state index in [0.717, 1.165) is 44.1 Å². The molecule has 1 N–H and O–H groups in total. The highest BCUT2D eigenvalue weighted by Gasteiger charge is 2.21. The van der Waals surface area contributed by atoms with Crippen LogP contribution < -0.4 is 17.3 Å². The van der Waals surface area contributed by atoms with Gasteiger partial charge < -0.3 is 22.0 Å². The minimum atomic E-state index is -0.784. The number of rotatable bonds is 6. The molecule has 1 fully saturated rings. The predicted molar refractivity (Wildman–Crippen MR) is 79.4 cm³/mol. The minimum Gasteiger partial charge on any atom is -1.00 e. The van der Waals surface area contributed by atoms with Crippen LogP contribution in [0.25, 0.3) is 0 Å². The van der Waals surface area contributed by atoms with Crippen LogP contribution in [-0.2, 0) is 4.74 Å². The molecule has 1 aliphatic heterocycles. The molecule has 0 unspecified atom stereocenters. The zero-order valence-electron chi connectivity index (χ0n) is 12.9. The lowest BCUT2D eigenvalue weighted by molar-refractivity contribution is -0.905. The second-order valence-corrected chi connectivity index (χ2v) is 5.45. The Labute approximate surface area is 144 Å². The molecule has 0 saturated carbocycles. The molecule has 0 aromatic heterocycles. The van der Waals surface area contributed by atoms with Gasteiger partial charge in [-0.15, -0.1) is 0 Å². The first-order chi connectivity index (χ1) is 11.0. The third kappa shape index (κ3) is 5.43. The van der Waals surface area contributed by atoms with Crippen LogP contribution in [0, 0.1) is 20.2 Å². The summed E-state index contributed by atoms with van der Waals surface area (Å²) in [5.74, 6) is -0.784. The van der Waals surface area contributed by atoms with Gasteiger partial charge in [-0.05, 0) is 19.3 Å². The summed E-state index contributed by atoms with van der Waals surface area (Å²) in [6, 6.07) is 2.79. The quantitative estimate of drug-likeness (QED) is 0.348. The lowest BCUT2D eigenvalue weighted by Gasteiger charge is -2.23. The third-order valence-electron chi connectivity index (χ3n) is 3.81. The molecule has 132 valence electrons. The Morgan fingerprint density at radius 2 is 1.58 bits per heavy atom. The van der Waals surface area contributed by atoms with Crippen molar-refractivity contribution in [3.05, 3.63) is 44.0 Å². The SMILES string of the molecule is O=C(OCC[NH+]1CCCCC1)c1cc([N+](=O)[O-])cc([N+](=O)[O-])c1.[Cl-]. The van der Waals surface area contributed by atoms with Crippen molar-refractivity contribution >= 4 is 17.3 Å². The first-order valence-corrected chi connectivity index (χ1v) is 7.42. The van der Waals surface area contributed by atoms with Gasteiger partial charge in [0.15, 0.2) is 0 Å². The molecule has 0 aliphatic carbocycles. The molecule has 1 saturated heterocycles. The number of piperidine rings is 1. The van der Waals surface area contributed by atoms with Crippen molar-refractivity contribution in [2.24, 2.45) is 0 Å². The molecule has 0 atom stereocenters. The fourth-order valence-corrected chi connectivity index (χ4v) is 2.60. The van der Waals surface area contributed by atoms with E-state index in [1.165, 1.54) is 11.3 Å². The second kappa shape index (κ2) is 9.14. The van der Waals surface area contributed by atoms with Crippen molar-refractivity contribution in [1.29, 1.82) is 0 Å². The summed E-state index contributed by atoms with van der Waals surface area (Å²) in [7, 11) is 0. The van der Waals surface area contributed by atoms with Crippen LogP contribution >= 0.6 is 0 Å². The van der Waals surface area contributed by atoms with Gasteiger partial charge in [0, 0.05) is 12.1 Å². The summed E-state index contributed by atoms with van der Waals surface area (Å²) in [6.07, 6.45) is 3.53. The number of nitro groups is 2. The van der Waals surface area contributed by atoms with Gasteiger partial charge in [0.25, 0.3) is 11.4 Å². The average molecular weight is 360 g/mol. The summed E-state index contributed by atoms with van der Waals surface area (Å²) in [4.78, 5) is 33.4. The van der Waals surface area contributed by atoms with E-state index >= 15 is 0 Å². The maximum Gasteiger partial charge on any atom is 0.338 e. The van der Waals surface area contributed by atoms with Crippen LogP contribution in [0.4, 0.5) is 11.4 Å². The number of likely N-dealkylation sites (tertiary alicyclic amines) is 1. The number of nitrogens with zero attached hydrogens (tertiary/aromatic N) is 2. The standard InChI is InChI=1S/C14H17N3O6.ClH/c18-14(23-7-6-15-4-2-1-3-5-15)11-8-12(16(19)20)10-13(9-11)17(21)22;/h8-10H,1-7H2;1H. The fraction of sp³-hybridized carbons (Fsp3) is 0.500. The number of benzene rings is 1. The van der Waals surface area contributed by atoms with Crippen molar-refractivity contribution in [3.63, 3.8) is 0 Å². The van der Waals surface area contributed by atoms with E-state index in [4.69, 9.17) is 4.74 Å². The topological polar surface area (TPSA) is 117 Å². The number of hydrogen-bond donors (Lipinski definition) is 1. The number of quaternary nitrogens is 1. The molecular formula is C14H18ClN3O6. The largest absolute Gasteiger partial charge is 1.00 e. The van der Waals surface area contributed by atoms with Crippen LogP contribution in [0.1, 0.15) is 29.6 Å². The fourth-order valence-electron chi connectivity index (χ4n) is 2.60. The highest BCUT2D eigenvalue weighted by molar-refractivity contribution is 5.91. The van der Waals surface area contributed by atoms with Crippen molar-refractivity contribution in [3.8, 4) is 0 Å². The average Bonchev–Trinajstić information content (AvgIpc) is 2.55. The number of nitrogens with one attached hydrogen (secondary N) is 1. The zero-order valence-corrected chi connectivity index (χ0v) is 13.7. The Hall–Kier alpha value is -2.26. The molecule has 1 aromatic rings. The molecule has 1 aliphatic rings. The van der Waals surface area contributed by atoms with Gasteiger partial charge in [0.05, 0.1) is 34.6 Å². The molecule has 24 heavy (non-hydrogen) atoms. The lowest BCUT2D eigenvalue weighted by atomic mass is 10.1. The Kier molecular flexibility index (Phi) is 7.53. The van der Waals surface area contributed by atoms with Crippen LogP contribution in [0.3, 0.4) is 0 Å². The number of nitro benzene ring substituents is 2. The maximum absolute atomic E-state index is 12.0. The number of carbonyl (C=O) groups excluding carboxylic acids is 1. The van der Waals surface area contributed by atoms with Gasteiger partial charge in [0.2, 0.25) is 0 Å². The van der Waals surface area contributed by atoms with Gasteiger partial charge in [-0.3, -0.25) is 20.2 Å². The third-order valence-corrected chi connectivity index (χ3v) is 3.81. The number of carbonyl (C=O) groups is 1. The van der Waals surface area contributed by atoms with Crippen molar-refractivity contribution in [2.75, 3.05) is 26.2 Å². The van der Waals surface area contributed by atoms with Gasteiger partial charge in [-0.25, -0.2) is 4.79 Å². The van der Waals surface area contributed by atoms with Gasteiger partial charge in [0.1, 0.15) is 13.2 Å². The monoisotopic (exact) mass is 359 g/mol. The van der Waals surface area contributed by atoms with Crippen molar-refractivity contribution < 1.29 is 36.7 Å². The first-order valence-electron chi connectivity index (χ1n) is 7.42. The number of halogens is 1.